The molecule has 1 rings (SSSR count). The van der Waals surface area contributed by atoms with Crippen LogP contribution in [0.1, 0.15) is 53.4 Å². The lowest BCUT2D eigenvalue weighted by atomic mass is 10.1. The highest BCUT2D eigenvalue weighted by Crippen LogP contribution is 2.15. The van der Waals surface area contributed by atoms with Crippen LogP contribution in [0.2, 0.25) is 0 Å². The van der Waals surface area contributed by atoms with Crippen LogP contribution in [-0.4, -0.2) is 55.5 Å². The van der Waals surface area contributed by atoms with Gasteiger partial charge in [0, 0.05) is 32.3 Å². The molecule has 1 saturated heterocycles. The minimum Gasteiger partial charge on any atom is -0.444 e. The van der Waals surface area contributed by atoms with E-state index < -0.39 is 5.60 Å². The Morgan fingerprint density at radius 1 is 1.24 bits per heavy atom. The van der Waals surface area contributed by atoms with Crippen LogP contribution >= 0.6 is 0 Å². The second-order valence-corrected chi connectivity index (χ2v) is 6.66. The molecule has 0 spiro atoms. The number of nitrogens with zero attached hydrogens (tertiary/aromatic N) is 1. The number of hydrogen-bond acceptors (Lipinski definition) is 4. The van der Waals surface area contributed by atoms with Gasteiger partial charge in [0.2, 0.25) is 0 Å². The topological polar surface area (TPSA) is 50.8 Å². The third-order valence-corrected chi connectivity index (χ3v) is 3.47. The van der Waals surface area contributed by atoms with Crippen molar-refractivity contribution in [1.82, 2.24) is 10.2 Å². The van der Waals surface area contributed by atoms with Gasteiger partial charge in [-0.2, -0.15) is 0 Å². The number of carbonyl (C=O) groups excluding carboxylic acids is 1. The summed E-state index contributed by atoms with van der Waals surface area (Å²) >= 11 is 0. The highest BCUT2D eigenvalue weighted by atomic mass is 16.6. The van der Waals surface area contributed by atoms with Gasteiger partial charge in [-0.05, 0) is 40.0 Å². The number of hydrogen-bond donors (Lipinski definition) is 1. The summed E-state index contributed by atoms with van der Waals surface area (Å²) < 4.78 is 10.9. The Morgan fingerprint density at radius 3 is 2.48 bits per heavy atom. The van der Waals surface area contributed by atoms with Gasteiger partial charge in [0.1, 0.15) is 5.60 Å². The third-order valence-electron chi connectivity index (χ3n) is 3.47. The average molecular weight is 300 g/mol. The molecule has 1 aliphatic heterocycles. The molecule has 0 radical (unpaired) electrons. The summed E-state index contributed by atoms with van der Waals surface area (Å²) in [4.78, 5) is 13.8. The molecule has 0 aromatic rings. The van der Waals surface area contributed by atoms with E-state index in [1.807, 2.05) is 20.8 Å². The highest BCUT2D eigenvalue weighted by Gasteiger charge is 2.26. The molecule has 1 N–H and O–H groups in total. The Kier molecular flexibility index (Phi) is 8.04. The monoisotopic (exact) mass is 300 g/mol. The molecule has 0 bridgehead atoms. The average Bonchev–Trinajstić information content (AvgIpc) is 2.41. The van der Waals surface area contributed by atoms with Gasteiger partial charge in [0.15, 0.2) is 0 Å². The molecule has 0 atom stereocenters. The zero-order chi connectivity index (χ0) is 15.7. The zero-order valence-corrected chi connectivity index (χ0v) is 14.1. The first-order chi connectivity index (χ1) is 9.92. The van der Waals surface area contributed by atoms with E-state index in [2.05, 4.69) is 12.2 Å². The van der Waals surface area contributed by atoms with E-state index in [9.17, 15) is 4.79 Å². The quantitative estimate of drug-likeness (QED) is 0.735. The minimum absolute atomic E-state index is 0.191. The van der Waals surface area contributed by atoms with Crippen molar-refractivity contribution in [2.75, 3.05) is 32.8 Å². The Balaban J connectivity index is 2.10. The van der Waals surface area contributed by atoms with Crippen molar-refractivity contribution in [2.45, 2.75) is 65.0 Å². The fourth-order valence-corrected chi connectivity index (χ4v) is 2.28. The van der Waals surface area contributed by atoms with Crippen LogP contribution in [0.4, 0.5) is 4.79 Å². The second kappa shape index (κ2) is 9.26. The Bertz CT molecular complexity index is 294. The molecule has 21 heavy (non-hydrogen) atoms. The summed E-state index contributed by atoms with van der Waals surface area (Å²) in [5.41, 5.74) is -0.415. The maximum atomic E-state index is 11.9. The highest BCUT2D eigenvalue weighted by molar-refractivity contribution is 5.68. The lowest BCUT2D eigenvalue weighted by molar-refractivity contribution is 0.0196. The largest absolute Gasteiger partial charge is 0.444 e. The summed E-state index contributed by atoms with van der Waals surface area (Å²) in [5, 5.41) is 3.50. The van der Waals surface area contributed by atoms with Gasteiger partial charge in [0.05, 0.1) is 6.61 Å². The lowest BCUT2D eigenvalue weighted by Crippen LogP contribution is -2.47. The van der Waals surface area contributed by atoms with Gasteiger partial charge in [-0.3, -0.25) is 0 Å². The van der Waals surface area contributed by atoms with Gasteiger partial charge in [0.25, 0.3) is 0 Å². The van der Waals surface area contributed by atoms with E-state index in [-0.39, 0.29) is 6.09 Å². The second-order valence-electron chi connectivity index (χ2n) is 6.66. The Hall–Kier alpha value is -0.810. The molecule has 5 nitrogen and oxygen atoms in total. The molecule has 1 aliphatic rings. The number of likely N-dealkylation sites (tertiary alicyclic amines) is 1. The molecule has 124 valence electrons. The molecule has 1 amide bonds. The van der Waals surface area contributed by atoms with Crippen LogP contribution in [0.15, 0.2) is 0 Å². The maximum absolute atomic E-state index is 11.9. The van der Waals surface area contributed by atoms with Crippen LogP contribution in [0, 0.1) is 0 Å². The first kappa shape index (κ1) is 18.2. The number of ether oxygens (including phenoxy) is 2. The standard InChI is InChI=1S/C16H32N2O3/c1-5-6-12-20-13-9-17-14-7-10-18(11-8-14)15(19)21-16(2,3)4/h14,17H,5-13H2,1-4H3. The number of nitrogens with one attached hydrogen (secondary N) is 1. The van der Waals surface area contributed by atoms with E-state index in [1.54, 1.807) is 4.90 Å². The first-order valence-corrected chi connectivity index (χ1v) is 8.21. The van der Waals surface area contributed by atoms with Crippen molar-refractivity contribution < 1.29 is 14.3 Å². The summed E-state index contributed by atoms with van der Waals surface area (Å²) in [6.45, 7) is 11.9. The Morgan fingerprint density at radius 2 is 1.90 bits per heavy atom. The predicted molar refractivity (Wildman–Crippen MR) is 84.6 cm³/mol. The number of carbonyl (C=O) groups is 1. The molecule has 1 fully saturated rings. The number of piperidine rings is 1. The molecule has 0 aromatic heterocycles. The van der Waals surface area contributed by atoms with Crippen LogP contribution in [0.5, 0.6) is 0 Å². The van der Waals surface area contributed by atoms with E-state index in [0.29, 0.717) is 6.04 Å². The van der Waals surface area contributed by atoms with Crippen LogP contribution < -0.4 is 5.32 Å². The van der Waals surface area contributed by atoms with Crippen LogP contribution in [-0.2, 0) is 9.47 Å². The van der Waals surface area contributed by atoms with Gasteiger partial charge >= 0.3 is 6.09 Å². The van der Waals surface area contributed by atoms with E-state index in [4.69, 9.17) is 9.47 Å². The zero-order valence-electron chi connectivity index (χ0n) is 14.1. The normalized spacial score (nSPS) is 17.0. The first-order valence-electron chi connectivity index (χ1n) is 8.21. The van der Waals surface area contributed by atoms with E-state index >= 15 is 0 Å². The van der Waals surface area contributed by atoms with E-state index in [0.717, 1.165) is 52.1 Å². The summed E-state index contributed by atoms with van der Waals surface area (Å²) in [7, 11) is 0. The van der Waals surface area contributed by atoms with Crippen molar-refractivity contribution in [3.05, 3.63) is 0 Å². The minimum atomic E-state index is -0.415. The number of amides is 1. The molecule has 0 aromatic carbocycles. The predicted octanol–water partition coefficient (Wildman–Crippen LogP) is 2.79. The third kappa shape index (κ3) is 8.27. The molecule has 0 unspecified atom stereocenters. The SMILES string of the molecule is CCCCOCCNC1CCN(C(=O)OC(C)(C)C)CC1. The molecule has 1 heterocycles. The maximum Gasteiger partial charge on any atom is 0.410 e. The lowest BCUT2D eigenvalue weighted by Gasteiger charge is -2.33. The Labute approximate surface area is 129 Å². The molecular weight excluding hydrogens is 268 g/mol. The van der Waals surface area contributed by atoms with Crippen molar-refractivity contribution in [3.8, 4) is 0 Å². The van der Waals surface area contributed by atoms with E-state index in [1.165, 1.54) is 6.42 Å². The summed E-state index contributed by atoms with van der Waals surface area (Å²) in [6, 6.07) is 0.485. The van der Waals surface area contributed by atoms with Crippen molar-refractivity contribution in [1.29, 1.82) is 0 Å². The van der Waals surface area contributed by atoms with Crippen LogP contribution in [0.25, 0.3) is 0 Å². The van der Waals surface area contributed by atoms with Gasteiger partial charge < -0.3 is 19.7 Å². The number of rotatable bonds is 7. The molecule has 0 aliphatic carbocycles. The summed E-state index contributed by atoms with van der Waals surface area (Å²) in [5.74, 6) is 0. The van der Waals surface area contributed by atoms with Crippen molar-refractivity contribution in [3.63, 3.8) is 0 Å². The van der Waals surface area contributed by atoms with Crippen molar-refractivity contribution >= 4 is 6.09 Å². The molecule has 5 heteroatoms. The van der Waals surface area contributed by atoms with Crippen LogP contribution in [0.3, 0.4) is 0 Å². The van der Waals surface area contributed by atoms with Gasteiger partial charge in [-0.1, -0.05) is 13.3 Å². The van der Waals surface area contributed by atoms with Gasteiger partial charge in [-0.15, -0.1) is 0 Å². The smallest absolute Gasteiger partial charge is 0.410 e. The fraction of sp³-hybridized carbons (Fsp3) is 0.938. The van der Waals surface area contributed by atoms with Gasteiger partial charge in [-0.25, -0.2) is 4.79 Å². The number of unbranched alkanes of at least 4 members (excludes halogenated alkanes) is 1. The molecular formula is C16H32N2O3. The van der Waals surface area contributed by atoms with Crippen molar-refractivity contribution in [2.24, 2.45) is 0 Å². The fourth-order valence-electron chi connectivity index (χ4n) is 2.28. The molecule has 0 saturated carbocycles. The summed E-state index contributed by atoms with van der Waals surface area (Å²) in [6.07, 6.45) is 4.08.